The molecule has 0 saturated carbocycles. The van der Waals surface area contributed by atoms with E-state index >= 15 is 0 Å². The van der Waals surface area contributed by atoms with Crippen LogP contribution in [0.25, 0.3) is 6.08 Å². The summed E-state index contributed by atoms with van der Waals surface area (Å²) >= 11 is 1.17. The van der Waals surface area contributed by atoms with Gasteiger partial charge in [0.25, 0.3) is 5.91 Å². The van der Waals surface area contributed by atoms with Gasteiger partial charge in [-0.25, -0.2) is 4.98 Å². The second-order valence-electron chi connectivity index (χ2n) is 10.4. The van der Waals surface area contributed by atoms with Crippen molar-refractivity contribution in [2.75, 3.05) is 25.0 Å². The van der Waals surface area contributed by atoms with Crippen molar-refractivity contribution in [2.45, 2.75) is 45.6 Å². The van der Waals surface area contributed by atoms with Gasteiger partial charge in [-0.3, -0.25) is 14.4 Å². The highest BCUT2D eigenvalue weighted by molar-refractivity contribution is 7.14. The Morgan fingerprint density at radius 1 is 0.977 bits per heavy atom. The number of nitrogens with zero attached hydrogens (tertiary/aromatic N) is 3. The van der Waals surface area contributed by atoms with Crippen molar-refractivity contribution in [1.29, 1.82) is 0 Å². The Kier molecular flexibility index (Phi) is 9.52. The molecule has 0 aliphatic carbocycles. The number of piperazine rings is 1. The average molecular weight is 639 g/mol. The van der Waals surface area contributed by atoms with E-state index in [9.17, 15) is 40.7 Å². The van der Waals surface area contributed by atoms with Gasteiger partial charge in [0.2, 0.25) is 11.8 Å². The number of benzene rings is 2. The molecule has 1 N–H and O–H groups in total. The van der Waals surface area contributed by atoms with E-state index < -0.39 is 46.9 Å². The lowest BCUT2D eigenvalue weighted by molar-refractivity contribution is -0.143. The lowest BCUT2D eigenvalue weighted by Crippen LogP contribution is -2.57. The van der Waals surface area contributed by atoms with Gasteiger partial charge in [-0.1, -0.05) is 18.2 Å². The smallest absolute Gasteiger partial charge is 0.335 e. The highest BCUT2D eigenvalue weighted by Gasteiger charge is 2.39. The van der Waals surface area contributed by atoms with Crippen LogP contribution in [0.1, 0.15) is 50.8 Å². The van der Waals surface area contributed by atoms with Gasteiger partial charge in [0.15, 0.2) is 5.13 Å². The van der Waals surface area contributed by atoms with Crippen LogP contribution in [0.2, 0.25) is 0 Å². The molecule has 1 atom stereocenters. The van der Waals surface area contributed by atoms with E-state index in [0.29, 0.717) is 23.0 Å². The Morgan fingerprint density at radius 2 is 1.64 bits per heavy atom. The number of carbonyl (C=O) groups is 3. The van der Waals surface area contributed by atoms with Crippen LogP contribution in [-0.4, -0.2) is 58.2 Å². The quantitative estimate of drug-likeness (QED) is 0.252. The van der Waals surface area contributed by atoms with Crippen LogP contribution in [0.4, 0.5) is 31.5 Å². The van der Waals surface area contributed by atoms with Crippen molar-refractivity contribution < 1.29 is 40.7 Å². The molecule has 1 aliphatic rings. The summed E-state index contributed by atoms with van der Waals surface area (Å²) in [7, 11) is 0. The number of aryl methyl sites for hydroxylation is 2. The summed E-state index contributed by atoms with van der Waals surface area (Å²) in [5.74, 6) is -1.71. The zero-order chi connectivity index (χ0) is 32.4. The molecule has 4 rings (SSSR count). The van der Waals surface area contributed by atoms with Gasteiger partial charge < -0.3 is 15.1 Å². The molecule has 2 aromatic carbocycles. The Hall–Kier alpha value is -4.20. The first-order valence-corrected chi connectivity index (χ1v) is 14.3. The molecule has 2 heterocycles. The summed E-state index contributed by atoms with van der Waals surface area (Å²) in [5, 5.41) is 4.53. The van der Waals surface area contributed by atoms with Crippen LogP contribution in [0.3, 0.4) is 0 Å². The number of carbonyl (C=O) groups excluding carboxylic acids is 3. The topological polar surface area (TPSA) is 82.6 Å². The molecule has 0 bridgehead atoms. The Labute approximate surface area is 253 Å². The van der Waals surface area contributed by atoms with E-state index in [1.165, 1.54) is 40.2 Å². The van der Waals surface area contributed by atoms with E-state index in [1.54, 1.807) is 5.38 Å². The molecular weight excluding hydrogens is 610 g/mol. The van der Waals surface area contributed by atoms with Crippen LogP contribution in [0, 0.1) is 13.8 Å². The van der Waals surface area contributed by atoms with Gasteiger partial charge >= 0.3 is 12.4 Å². The maximum absolute atomic E-state index is 13.6. The van der Waals surface area contributed by atoms with Gasteiger partial charge in [0.1, 0.15) is 0 Å². The van der Waals surface area contributed by atoms with Gasteiger partial charge in [-0.2, -0.15) is 26.3 Å². The van der Waals surface area contributed by atoms with Crippen molar-refractivity contribution >= 4 is 40.3 Å². The Morgan fingerprint density at radius 3 is 2.23 bits per heavy atom. The second kappa shape index (κ2) is 12.8. The molecule has 44 heavy (non-hydrogen) atoms. The van der Waals surface area contributed by atoms with Crippen molar-refractivity contribution in [3.8, 4) is 0 Å². The van der Waals surface area contributed by atoms with Crippen LogP contribution < -0.4 is 5.32 Å². The molecule has 3 aromatic rings. The number of thiazole rings is 1. The van der Waals surface area contributed by atoms with Crippen LogP contribution in [0.15, 0.2) is 47.9 Å². The molecule has 14 heteroatoms. The molecule has 1 fully saturated rings. The molecule has 0 spiro atoms. The number of halogens is 6. The van der Waals surface area contributed by atoms with E-state index in [0.717, 1.165) is 16.7 Å². The molecule has 0 radical (unpaired) electrons. The van der Waals surface area contributed by atoms with Crippen molar-refractivity contribution in [2.24, 2.45) is 0 Å². The van der Waals surface area contributed by atoms with Crippen LogP contribution >= 0.6 is 11.3 Å². The number of nitrogens with one attached hydrogen (secondary N) is 1. The number of rotatable bonds is 6. The fourth-order valence-electron chi connectivity index (χ4n) is 4.78. The summed E-state index contributed by atoms with van der Waals surface area (Å²) in [6.07, 6.45) is -7.27. The van der Waals surface area contributed by atoms with Gasteiger partial charge in [-0.15, -0.1) is 11.3 Å². The third kappa shape index (κ3) is 8.04. The summed E-state index contributed by atoms with van der Waals surface area (Å²) in [6.45, 7) is 5.01. The second-order valence-corrected chi connectivity index (χ2v) is 11.3. The van der Waals surface area contributed by atoms with Crippen LogP contribution in [0.5, 0.6) is 0 Å². The van der Waals surface area contributed by atoms with E-state index in [1.807, 2.05) is 32.0 Å². The fourth-order valence-corrected chi connectivity index (χ4v) is 5.50. The van der Waals surface area contributed by atoms with Gasteiger partial charge in [0, 0.05) is 43.6 Å². The monoisotopic (exact) mass is 638 g/mol. The first kappa shape index (κ1) is 32.7. The maximum atomic E-state index is 13.6. The predicted molar refractivity (Wildman–Crippen MR) is 153 cm³/mol. The van der Waals surface area contributed by atoms with Crippen LogP contribution in [-0.2, 0) is 28.4 Å². The number of hydrogen-bond donors (Lipinski definition) is 1. The summed E-state index contributed by atoms with van der Waals surface area (Å²) in [4.78, 5) is 44.8. The number of amides is 3. The molecule has 234 valence electrons. The fraction of sp³-hybridized carbons (Fsp3) is 0.333. The Bertz CT molecular complexity index is 1570. The summed E-state index contributed by atoms with van der Waals surface area (Å²) in [6, 6.07) is 5.67. The molecule has 3 amide bonds. The third-order valence-electron chi connectivity index (χ3n) is 7.13. The molecule has 0 unspecified atom stereocenters. The minimum absolute atomic E-state index is 0.00235. The highest BCUT2D eigenvalue weighted by Crippen LogP contribution is 2.37. The minimum atomic E-state index is -5.10. The molecule has 1 aliphatic heterocycles. The predicted octanol–water partition coefficient (Wildman–Crippen LogP) is 6.37. The normalized spacial score (nSPS) is 16.0. The molecule has 1 aromatic heterocycles. The summed E-state index contributed by atoms with van der Waals surface area (Å²) < 4.78 is 81.0. The largest absolute Gasteiger partial charge is 0.416 e. The third-order valence-corrected chi connectivity index (χ3v) is 7.91. The van der Waals surface area contributed by atoms with Gasteiger partial charge in [0.05, 0.1) is 22.9 Å². The Balaban J connectivity index is 1.62. The first-order valence-electron chi connectivity index (χ1n) is 13.4. The van der Waals surface area contributed by atoms with E-state index in [4.69, 9.17) is 0 Å². The van der Waals surface area contributed by atoms with Crippen molar-refractivity contribution in [3.05, 3.63) is 86.9 Å². The molecular formula is C30H28F6N4O3S. The SMILES string of the molecule is CC(=O)Nc1nc(/C=C/C(=O)N2CCN(C(=O)c3cc(C(F)(F)F)cc(C(F)(F)F)c3)[C@H](Cc3ccc(C)c(C)c3)C2)cs1. The van der Waals surface area contributed by atoms with Crippen molar-refractivity contribution in [1.82, 2.24) is 14.8 Å². The maximum Gasteiger partial charge on any atom is 0.416 e. The number of aromatic nitrogens is 1. The molecule has 1 saturated heterocycles. The average Bonchev–Trinajstić information content (AvgIpc) is 3.38. The zero-order valence-electron chi connectivity index (χ0n) is 23.8. The highest BCUT2D eigenvalue weighted by atomic mass is 32.1. The number of alkyl halides is 6. The van der Waals surface area contributed by atoms with Gasteiger partial charge in [-0.05, 0) is 61.2 Å². The lowest BCUT2D eigenvalue weighted by atomic mass is 9.97. The lowest BCUT2D eigenvalue weighted by Gasteiger charge is -2.41. The van der Waals surface area contributed by atoms with Crippen molar-refractivity contribution in [3.63, 3.8) is 0 Å². The standard InChI is InChI=1S/C30H28F6N4O3S/c1-17-4-5-20(10-18(17)2)11-25-15-39(26(42)7-6-24-16-44-28(38-24)37-19(3)41)8-9-40(25)27(43)21-12-22(29(31,32)33)14-23(13-21)30(34,35)36/h4-7,10,12-14,16,25H,8-9,11,15H2,1-3H3,(H,37,38,41)/b7-6+/t25-/m1/s1. The van der Waals surface area contributed by atoms with E-state index in [-0.39, 0.29) is 38.0 Å². The molecule has 7 nitrogen and oxygen atoms in total. The van der Waals surface area contributed by atoms with E-state index in [2.05, 4.69) is 10.3 Å². The zero-order valence-corrected chi connectivity index (χ0v) is 24.7. The first-order chi connectivity index (χ1) is 20.5. The minimum Gasteiger partial charge on any atom is -0.335 e. The number of anilines is 1. The summed E-state index contributed by atoms with van der Waals surface area (Å²) in [5.41, 5.74) is -0.712. The number of hydrogen-bond acceptors (Lipinski definition) is 5.